The summed E-state index contributed by atoms with van der Waals surface area (Å²) in [7, 11) is 0. The summed E-state index contributed by atoms with van der Waals surface area (Å²) in [5.74, 6) is -0.930. The number of rotatable bonds is 8. The van der Waals surface area contributed by atoms with Gasteiger partial charge >= 0.3 is 5.97 Å². The molecule has 0 aromatic heterocycles. The Labute approximate surface area is 183 Å². The number of aromatic carboxylic acids is 1. The molecule has 1 saturated heterocycles. The van der Waals surface area contributed by atoms with Crippen molar-refractivity contribution in [1.82, 2.24) is 5.32 Å². The van der Waals surface area contributed by atoms with E-state index in [1.165, 1.54) is 16.8 Å². The van der Waals surface area contributed by atoms with Gasteiger partial charge in [0, 0.05) is 37.6 Å². The maximum Gasteiger partial charge on any atom is 0.337 e. The van der Waals surface area contributed by atoms with Gasteiger partial charge in [0.2, 0.25) is 0 Å². The van der Waals surface area contributed by atoms with Gasteiger partial charge in [-0.05, 0) is 66.8 Å². The fraction of sp³-hybridized carbons (Fsp3) is 0.269. The SMILES string of the molecule is O=C(O)c1ccccc1Nc1ccc(CCCc2ccc(N3CCNCC3)cc2)cc1. The lowest BCUT2D eigenvalue weighted by molar-refractivity contribution is 0.0698. The van der Waals surface area contributed by atoms with E-state index in [0.29, 0.717) is 5.69 Å². The number of carboxylic acids is 1. The van der Waals surface area contributed by atoms with Crippen LogP contribution in [0.5, 0.6) is 0 Å². The zero-order valence-electron chi connectivity index (χ0n) is 17.7. The molecule has 1 aliphatic rings. The average molecular weight is 416 g/mol. The molecule has 4 rings (SSSR count). The predicted molar refractivity (Wildman–Crippen MR) is 127 cm³/mol. The molecule has 1 heterocycles. The number of nitrogens with one attached hydrogen (secondary N) is 2. The lowest BCUT2D eigenvalue weighted by atomic mass is 10.0. The molecule has 0 aliphatic carbocycles. The van der Waals surface area contributed by atoms with Gasteiger partial charge in [0.15, 0.2) is 0 Å². The smallest absolute Gasteiger partial charge is 0.337 e. The van der Waals surface area contributed by atoms with E-state index in [1.807, 2.05) is 18.2 Å². The van der Waals surface area contributed by atoms with Gasteiger partial charge in [0.25, 0.3) is 0 Å². The van der Waals surface area contributed by atoms with Crippen LogP contribution in [-0.4, -0.2) is 37.3 Å². The molecule has 3 aromatic carbocycles. The number of hydrogen-bond donors (Lipinski definition) is 3. The molecule has 160 valence electrons. The maximum absolute atomic E-state index is 11.4. The third-order valence-electron chi connectivity index (χ3n) is 5.74. The number of benzene rings is 3. The molecule has 0 amide bonds. The highest BCUT2D eigenvalue weighted by atomic mass is 16.4. The van der Waals surface area contributed by atoms with Crippen LogP contribution in [0.3, 0.4) is 0 Å². The summed E-state index contributed by atoms with van der Waals surface area (Å²) < 4.78 is 0. The Morgan fingerprint density at radius 2 is 1.48 bits per heavy atom. The van der Waals surface area contributed by atoms with Gasteiger partial charge in [-0.3, -0.25) is 0 Å². The van der Waals surface area contributed by atoms with Gasteiger partial charge in [0.05, 0.1) is 11.3 Å². The second kappa shape index (κ2) is 10.1. The van der Waals surface area contributed by atoms with E-state index < -0.39 is 5.97 Å². The van der Waals surface area contributed by atoms with Gasteiger partial charge < -0.3 is 20.6 Å². The summed E-state index contributed by atoms with van der Waals surface area (Å²) in [6.07, 6.45) is 3.18. The first-order valence-corrected chi connectivity index (χ1v) is 10.9. The summed E-state index contributed by atoms with van der Waals surface area (Å²) in [6, 6.07) is 24.2. The standard InChI is InChI=1S/C26H29N3O2/c30-26(31)24-6-1-2-7-25(24)28-22-12-8-20(9-13-22)4-3-5-21-10-14-23(15-11-21)29-18-16-27-17-19-29/h1-2,6-15,27-28H,3-5,16-19H2,(H,30,31). The van der Waals surface area contributed by atoms with E-state index in [0.717, 1.165) is 51.1 Å². The lowest BCUT2D eigenvalue weighted by Crippen LogP contribution is -2.43. The third-order valence-corrected chi connectivity index (χ3v) is 5.74. The van der Waals surface area contributed by atoms with Crippen molar-refractivity contribution in [2.24, 2.45) is 0 Å². The molecule has 5 nitrogen and oxygen atoms in total. The molecule has 31 heavy (non-hydrogen) atoms. The Hall–Kier alpha value is -3.31. The Bertz CT molecular complexity index is 994. The zero-order chi connectivity index (χ0) is 21.5. The fourth-order valence-electron chi connectivity index (χ4n) is 3.98. The number of hydrogen-bond acceptors (Lipinski definition) is 4. The van der Waals surface area contributed by atoms with Crippen molar-refractivity contribution in [3.05, 3.63) is 89.5 Å². The molecular weight excluding hydrogens is 386 g/mol. The quantitative estimate of drug-likeness (QED) is 0.497. The van der Waals surface area contributed by atoms with Crippen molar-refractivity contribution >= 4 is 23.0 Å². The van der Waals surface area contributed by atoms with Gasteiger partial charge in [-0.15, -0.1) is 0 Å². The molecule has 3 aromatic rings. The van der Waals surface area contributed by atoms with Crippen LogP contribution in [0.2, 0.25) is 0 Å². The molecule has 3 N–H and O–H groups in total. The molecule has 0 atom stereocenters. The van der Waals surface area contributed by atoms with Crippen LogP contribution in [-0.2, 0) is 12.8 Å². The summed E-state index contributed by atoms with van der Waals surface area (Å²) in [5.41, 5.74) is 5.75. The summed E-state index contributed by atoms with van der Waals surface area (Å²) in [5, 5.41) is 15.9. The minimum Gasteiger partial charge on any atom is -0.478 e. The number of piperazine rings is 1. The third kappa shape index (κ3) is 5.64. The number of carbonyl (C=O) groups is 1. The van der Waals surface area contributed by atoms with Crippen molar-refractivity contribution in [2.45, 2.75) is 19.3 Å². The maximum atomic E-state index is 11.4. The van der Waals surface area contributed by atoms with Crippen molar-refractivity contribution in [3.63, 3.8) is 0 Å². The Morgan fingerprint density at radius 3 is 2.13 bits per heavy atom. The van der Waals surface area contributed by atoms with Crippen LogP contribution < -0.4 is 15.5 Å². The monoisotopic (exact) mass is 415 g/mol. The summed E-state index contributed by atoms with van der Waals surface area (Å²) >= 11 is 0. The van der Waals surface area contributed by atoms with Crippen molar-refractivity contribution in [1.29, 1.82) is 0 Å². The second-order valence-electron chi connectivity index (χ2n) is 7.93. The molecular formula is C26H29N3O2. The van der Waals surface area contributed by atoms with E-state index in [9.17, 15) is 9.90 Å². The first-order chi connectivity index (χ1) is 15.2. The molecule has 5 heteroatoms. The number of nitrogens with zero attached hydrogens (tertiary/aromatic N) is 1. The van der Waals surface area contributed by atoms with Crippen molar-refractivity contribution < 1.29 is 9.90 Å². The van der Waals surface area contributed by atoms with Gasteiger partial charge in [-0.1, -0.05) is 36.4 Å². The molecule has 0 spiro atoms. The van der Waals surface area contributed by atoms with Gasteiger partial charge in [-0.2, -0.15) is 0 Å². The first kappa shape index (κ1) is 20.9. The Morgan fingerprint density at radius 1 is 0.871 bits per heavy atom. The highest BCUT2D eigenvalue weighted by Gasteiger charge is 2.10. The minimum atomic E-state index is -0.930. The molecule has 0 saturated carbocycles. The largest absolute Gasteiger partial charge is 0.478 e. The summed E-state index contributed by atoms with van der Waals surface area (Å²) in [6.45, 7) is 4.27. The number of anilines is 3. The van der Waals surface area contributed by atoms with Gasteiger partial charge in [0.1, 0.15) is 0 Å². The van der Waals surface area contributed by atoms with Crippen LogP contribution in [0.25, 0.3) is 0 Å². The highest BCUT2D eigenvalue weighted by molar-refractivity contribution is 5.95. The van der Waals surface area contributed by atoms with Crippen LogP contribution in [0.15, 0.2) is 72.8 Å². The number of para-hydroxylation sites is 1. The lowest BCUT2D eigenvalue weighted by Gasteiger charge is -2.29. The van der Waals surface area contributed by atoms with Gasteiger partial charge in [-0.25, -0.2) is 4.79 Å². The second-order valence-corrected chi connectivity index (χ2v) is 7.93. The molecule has 0 bridgehead atoms. The predicted octanol–water partition coefficient (Wildman–Crippen LogP) is 4.71. The number of carboxylic acid groups (broad SMARTS) is 1. The average Bonchev–Trinajstić information content (AvgIpc) is 2.81. The van der Waals surface area contributed by atoms with Crippen LogP contribution in [0.1, 0.15) is 27.9 Å². The van der Waals surface area contributed by atoms with Crippen molar-refractivity contribution in [3.8, 4) is 0 Å². The van der Waals surface area contributed by atoms with Crippen LogP contribution in [0, 0.1) is 0 Å². The molecule has 0 radical (unpaired) electrons. The molecule has 1 fully saturated rings. The Balaban J connectivity index is 1.27. The zero-order valence-corrected chi connectivity index (χ0v) is 17.7. The van der Waals surface area contributed by atoms with Crippen LogP contribution in [0.4, 0.5) is 17.1 Å². The molecule has 0 unspecified atom stereocenters. The topological polar surface area (TPSA) is 64.6 Å². The molecule has 1 aliphatic heterocycles. The van der Waals surface area contributed by atoms with Crippen LogP contribution >= 0.6 is 0 Å². The van der Waals surface area contributed by atoms with E-state index in [-0.39, 0.29) is 5.56 Å². The Kier molecular flexibility index (Phi) is 6.85. The minimum absolute atomic E-state index is 0.273. The first-order valence-electron chi connectivity index (χ1n) is 10.9. The van der Waals surface area contributed by atoms with E-state index >= 15 is 0 Å². The normalized spacial score (nSPS) is 13.7. The number of aryl methyl sites for hydroxylation is 2. The highest BCUT2D eigenvalue weighted by Crippen LogP contribution is 2.22. The van der Waals surface area contributed by atoms with E-state index in [1.54, 1.807) is 18.2 Å². The van der Waals surface area contributed by atoms with Crippen molar-refractivity contribution in [2.75, 3.05) is 36.4 Å². The fourth-order valence-corrected chi connectivity index (χ4v) is 3.98. The van der Waals surface area contributed by atoms with E-state index in [4.69, 9.17) is 0 Å². The van der Waals surface area contributed by atoms with E-state index in [2.05, 4.69) is 51.9 Å². The summed E-state index contributed by atoms with van der Waals surface area (Å²) in [4.78, 5) is 13.8.